The molecule has 0 spiro atoms. The Labute approximate surface area is 194 Å². The predicted molar refractivity (Wildman–Crippen MR) is 130 cm³/mol. The summed E-state index contributed by atoms with van der Waals surface area (Å²) in [5.74, 6) is -1.44. The molecule has 4 rings (SSSR count). The van der Waals surface area contributed by atoms with E-state index in [9.17, 15) is 14.7 Å². The Balaban J connectivity index is 1.81. The molecular weight excluding hydrogens is 414 g/mol. The number of ketones is 1. The molecule has 33 heavy (non-hydrogen) atoms. The van der Waals surface area contributed by atoms with Crippen molar-refractivity contribution in [2.45, 2.75) is 39.3 Å². The molecule has 3 aromatic rings. The van der Waals surface area contributed by atoms with Crippen LogP contribution in [0.25, 0.3) is 16.5 Å². The van der Waals surface area contributed by atoms with Crippen LogP contribution in [0.15, 0.2) is 72.3 Å². The first-order valence-corrected chi connectivity index (χ1v) is 11.4. The molecule has 1 heterocycles. The van der Waals surface area contributed by atoms with Crippen molar-refractivity contribution in [2.24, 2.45) is 0 Å². The number of aryl methyl sites for hydroxylation is 1. The van der Waals surface area contributed by atoms with E-state index in [2.05, 4.69) is 6.92 Å². The van der Waals surface area contributed by atoms with Gasteiger partial charge in [0.25, 0.3) is 11.7 Å². The molecule has 0 saturated carbocycles. The molecule has 1 aliphatic heterocycles. The number of carbonyl (C=O) groups is 2. The van der Waals surface area contributed by atoms with Gasteiger partial charge < -0.3 is 14.7 Å². The third-order valence-corrected chi connectivity index (χ3v) is 6.05. The number of hydrogen-bond donors (Lipinski definition) is 1. The fraction of sp³-hybridized carbons (Fsp3) is 0.286. The lowest BCUT2D eigenvalue weighted by Gasteiger charge is -2.26. The number of Topliss-reactive ketones (excluding diaryl/α,β-unsaturated/α-hetero) is 1. The van der Waals surface area contributed by atoms with Gasteiger partial charge in [-0.1, -0.05) is 67.6 Å². The largest absolute Gasteiger partial charge is 0.507 e. The van der Waals surface area contributed by atoms with Crippen LogP contribution in [0.4, 0.5) is 0 Å². The molecule has 3 aromatic carbocycles. The zero-order chi connectivity index (χ0) is 23.5. The summed E-state index contributed by atoms with van der Waals surface area (Å²) in [6, 6.07) is 20.5. The number of amides is 1. The molecule has 0 radical (unpaired) electrons. The fourth-order valence-electron chi connectivity index (χ4n) is 4.27. The first-order chi connectivity index (χ1) is 15.9. The van der Waals surface area contributed by atoms with E-state index < -0.39 is 17.7 Å². The molecule has 1 fully saturated rings. The highest BCUT2D eigenvalue weighted by Gasteiger charge is 2.45. The van der Waals surface area contributed by atoms with E-state index in [-0.39, 0.29) is 24.0 Å². The average Bonchev–Trinajstić information content (AvgIpc) is 3.08. The number of aliphatic hydroxyl groups excluding tert-OH is 1. The number of nitrogens with zero attached hydrogens (tertiary/aromatic N) is 1. The second-order valence-electron chi connectivity index (χ2n) is 8.57. The zero-order valence-corrected chi connectivity index (χ0v) is 19.2. The number of fused-ring (bicyclic) bond motifs is 1. The minimum absolute atomic E-state index is 0.0155. The van der Waals surface area contributed by atoms with Gasteiger partial charge in [-0.3, -0.25) is 9.59 Å². The van der Waals surface area contributed by atoms with Crippen molar-refractivity contribution in [2.75, 3.05) is 13.2 Å². The fourth-order valence-corrected chi connectivity index (χ4v) is 4.27. The first-order valence-electron chi connectivity index (χ1n) is 11.4. The van der Waals surface area contributed by atoms with Gasteiger partial charge in [0.05, 0.1) is 24.3 Å². The number of aliphatic hydroxyl groups is 1. The molecule has 0 aromatic heterocycles. The van der Waals surface area contributed by atoms with E-state index in [1.165, 1.54) is 4.90 Å². The quantitative estimate of drug-likeness (QED) is 0.308. The van der Waals surface area contributed by atoms with Gasteiger partial charge in [0.15, 0.2) is 0 Å². The Hall–Kier alpha value is -3.44. The SMILES string of the molecule is CCc1ccc(C2/C(=C(/O)c3ccc4ccccc4c3)C(=O)C(=O)N2CCOC(C)C)cc1. The van der Waals surface area contributed by atoms with Crippen LogP contribution < -0.4 is 0 Å². The van der Waals surface area contributed by atoms with E-state index in [0.717, 1.165) is 28.3 Å². The van der Waals surface area contributed by atoms with E-state index in [1.807, 2.05) is 74.5 Å². The maximum absolute atomic E-state index is 13.1. The summed E-state index contributed by atoms with van der Waals surface area (Å²) < 4.78 is 5.65. The monoisotopic (exact) mass is 443 g/mol. The Morgan fingerprint density at radius 3 is 2.36 bits per heavy atom. The second-order valence-corrected chi connectivity index (χ2v) is 8.57. The second kappa shape index (κ2) is 9.59. The summed E-state index contributed by atoms with van der Waals surface area (Å²) >= 11 is 0. The topological polar surface area (TPSA) is 66.8 Å². The number of rotatable bonds is 7. The van der Waals surface area contributed by atoms with E-state index in [4.69, 9.17) is 4.74 Å². The molecule has 5 heteroatoms. The van der Waals surface area contributed by atoms with Crippen LogP contribution in [0.5, 0.6) is 0 Å². The molecule has 170 valence electrons. The van der Waals surface area contributed by atoms with Gasteiger partial charge in [-0.05, 0) is 48.2 Å². The molecule has 5 nitrogen and oxygen atoms in total. The highest BCUT2D eigenvalue weighted by atomic mass is 16.5. The van der Waals surface area contributed by atoms with Crippen molar-refractivity contribution < 1.29 is 19.4 Å². The number of hydrogen-bond acceptors (Lipinski definition) is 4. The Kier molecular flexibility index (Phi) is 6.61. The number of likely N-dealkylation sites (tertiary alicyclic amines) is 1. The number of benzene rings is 3. The third-order valence-electron chi connectivity index (χ3n) is 6.05. The standard InChI is InChI=1S/C28H29NO4/c1-4-19-9-11-21(12-10-19)25-24(27(31)28(32)29(25)15-16-33-18(2)3)26(30)23-14-13-20-7-5-6-8-22(20)17-23/h5-14,17-18,25,30H,4,15-16H2,1-3H3/b26-24-. The summed E-state index contributed by atoms with van der Waals surface area (Å²) in [7, 11) is 0. The lowest BCUT2D eigenvalue weighted by Crippen LogP contribution is -2.33. The number of carbonyl (C=O) groups excluding carboxylic acids is 2. The van der Waals surface area contributed by atoms with Crippen LogP contribution >= 0.6 is 0 Å². The van der Waals surface area contributed by atoms with Gasteiger partial charge in [0, 0.05) is 12.1 Å². The highest BCUT2D eigenvalue weighted by molar-refractivity contribution is 6.46. The first kappa shape index (κ1) is 22.7. The number of ether oxygens (including phenoxy) is 1. The van der Waals surface area contributed by atoms with Crippen LogP contribution in [0.1, 0.15) is 43.5 Å². The summed E-state index contributed by atoms with van der Waals surface area (Å²) in [4.78, 5) is 27.7. The van der Waals surface area contributed by atoms with E-state index in [0.29, 0.717) is 12.2 Å². The van der Waals surface area contributed by atoms with E-state index in [1.54, 1.807) is 6.07 Å². The van der Waals surface area contributed by atoms with Crippen molar-refractivity contribution in [1.82, 2.24) is 4.90 Å². The van der Waals surface area contributed by atoms with Crippen molar-refractivity contribution in [1.29, 1.82) is 0 Å². The maximum Gasteiger partial charge on any atom is 0.295 e. The lowest BCUT2D eigenvalue weighted by molar-refractivity contribution is -0.140. The molecule has 1 N–H and O–H groups in total. The van der Waals surface area contributed by atoms with Gasteiger partial charge >= 0.3 is 0 Å². The molecule has 1 amide bonds. The van der Waals surface area contributed by atoms with Crippen LogP contribution in [0.3, 0.4) is 0 Å². The van der Waals surface area contributed by atoms with Gasteiger partial charge in [-0.15, -0.1) is 0 Å². The summed E-state index contributed by atoms with van der Waals surface area (Å²) in [6.45, 7) is 6.50. The molecule has 0 bridgehead atoms. The molecule has 1 atom stereocenters. The molecule has 1 saturated heterocycles. The Morgan fingerprint density at radius 2 is 1.70 bits per heavy atom. The highest BCUT2D eigenvalue weighted by Crippen LogP contribution is 2.39. The molecule has 1 unspecified atom stereocenters. The molecule has 0 aliphatic carbocycles. The minimum atomic E-state index is -0.672. The van der Waals surface area contributed by atoms with Crippen molar-refractivity contribution in [3.63, 3.8) is 0 Å². The zero-order valence-electron chi connectivity index (χ0n) is 19.2. The molecule has 1 aliphatic rings. The van der Waals surface area contributed by atoms with Crippen LogP contribution in [0, 0.1) is 0 Å². The van der Waals surface area contributed by atoms with Gasteiger partial charge in [-0.25, -0.2) is 0 Å². The summed E-state index contributed by atoms with van der Waals surface area (Å²) in [6.07, 6.45) is 0.904. The van der Waals surface area contributed by atoms with E-state index >= 15 is 0 Å². The van der Waals surface area contributed by atoms with Crippen LogP contribution in [-0.4, -0.2) is 41.0 Å². The van der Waals surface area contributed by atoms with Crippen molar-refractivity contribution >= 4 is 28.2 Å². The third kappa shape index (κ3) is 4.55. The predicted octanol–water partition coefficient (Wildman–Crippen LogP) is 5.25. The van der Waals surface area contributed by atoms with Crippen LogP contribution in [-0.2, 0) is 20.7 Å². The molecular formula is C28H29NO4. The van der Waals surface area contributed by atoms with Crippen LogP contribution in [0.2, 0.25) is 0 Å². The Bertz CT molecular complexity index is 1210. The average molecular weight is 444 g/mol. The smallest absolute Gasteiger partial charge is 0.295 e. The van der Waals surface area contributed by atoms with Gasteiger partial charge in [0.1, 0.15) is 5.76 Å². The summed E-state index contributed by atoms with van der Waals surface area (Å²) in [5, 5.41) is 13.3. The normalized spacial score (nSPS) is 17.9. The van der Waals surface area contributed by atoms with Gasteiger partial charge in [0.2, 0.25) is 0 Å². The lowest BCUT2D eigenvalue weighted by atomic mass is 9.94. The van der Waals surface area contributed by atoms with Crippen molar-refractivity contribution in [3.05, 3.63) is 89.0 Å². The maximum atomic E-state index is 13.1. The van der Waals surface area contributed by atoms with Crippen molar-refractivity contribution in [3.8, 4) is 0 Å². The summed E-state index contributed by atoms with van der Waals surface area (Å²) in [5.41, 5.74) is 2.58. The van der Waals surface area contributed by atoms with Gasteiger partial charge in [-0.2, -0.15) is 0 Å². The Morgan fingerprint density at radius 1 is 1.00 bits per heavy atom. The minimum Gasteiger partial charge on any atom is -0.507 e.